The van der Waals surface area contributed by atoms with Gasteiger partial charge in [0.2, 0.25) is 5.78 Å². The van der Waals surface area contributed by atoms with Crippen LogP contribution in [-0.4, -0.2) is 49.0 Å². The molecular weight excluding hydrogens is 390 g/mol. The zero-order valence-corrected chi connectivity index (χ0v) is 17.2. The first-order chi connectivity index (χ1) is 14.3. The molecule has 0 saturated heterocycles. The van der Waals surface area contributed by atoms with Crippen molar-refractivity contribution < 1.29 is 33.4 Å². The fourth-order valence-electron chi connectivity index (χ4n) is 2.86. The van der Waals surface area contributed by atoms with Gasteiger partial charge in [-0.05, 0) is 44.5 Å². The van der Waals surface area contributed by atoms with Crippen LogP contribution in [-0.2, 0) is 19.0 Å². The summed E-state index contributed by atoms with van der Waals surface area (Å²) in [7, 11) is 1.29. The van der Waals surface area contributed by atoms with Gasteiger partial charge in [-0.1, -0.05) is 12.1 Å². The molecular formula is C22H23NO7. The molecule has 2 rings (SSSR count). The van der Waals surface area contributed by atoms with Crippen molar-refractivity contribution in [1.29, 1.82) is 0 Å². The van der Waals surface area contributed by atoms with E-state index in [0.29, 0.717) is 22.5 Å². The number of ketones is 1. The predicted octanol–water partition coefficient (Wildman–Crippen LogP) is 3.03. The molecule has 0 aliphatic heterocycles. The van der Waals surface area contributed by atoms with Crippen molar-refractivity contribution in [1.82, 2.24) is 4.98 Å². The molecule has 0 spiro atoms. The molecule has 158 valence electrons. The van der Waals surface area contributed by atoms with E-state index in [-0.39, 0.29) is 17.7 Å². The highest BCUT2D eigenvalue weighted by atomic mass is 16.5. The van der Waals surface area contributed by atoms with E-state index < -0.39 is 30.3 Å². The van der Waals surface area contributed by atoms with Gasteiger partial charge in [-0.15, -0.1) is 0 Å². The summed E-state index contributed by atoms with van der Waals surface area (Å²) in [4.78, 5) is 51.0. The van der Waals surface area contributed by atoms with Gasteiger partial charge in [-0.3, -0.25) is 4.79 Å². The Balaban J connectivity index is 2.01. The Bertz CT molecular complexity index is 984. The average molecular weight is 413 g/mol. The van der Waals surface area contributed by atoms with Crippen molar-refractivity contribution in [3.05, 3.63) is 64.0 Å². The third kappa shape index (κ3) is 5.44. The Morgan fingerprint density at radius 2 is 1.57 bits per heavy atom. The van der Waals surface area contributed by atoms with Crippen LogP contribution >= 0.6 is 0 Å². The monoisotopic (exact) mass is 413 g/mol. The molecule has 0 atom stereocenters. The number of carbonyl (C=O) groups excluding carboxylic acids is 4. The minimum atomic E-state index is -0.719. The van der Waals surface area contributed by atoms with Crippen molar-refractivity contribution >= 4 is 29.8 Å². The second-order valence-corrected chi connectivity index (χ2v) is 6.32. The lowest BCUT2D eigenvalue weighted by atomic mass is 10.1. The number of Topliss-reactive ketones (excluding diaryl/α,β-unsaturated/α-hetero) is 1. The number of aryl methyl sites for hydroxylation is 2. The minimum Gasteiger partial charge on any atom is -0.465 e. The number of rotatable bonds is 8. The maximum atomic E-state index is 12.5. The summed E-state index contributed by atoms with van der Waals surface area (Å²) in [5.41, 5.74) is 2.36. The first-order valence-electron chi connectivity index (χ1n) is 9.21. The summed E-state index contributed by atoms with van der Waals surface area (Å²) in [5.74, 6) is -2.29. The number of benzene rings is 1. The molecule has 0 aliphatic carbocycles. The number of aromatic amines is 1. The van der Waals surface area contributed by atoms with Crippen molar-refractivity contribution in [3.8, 4) is 0 Å². The van der Waals surface area contributed by atoms with Crippen LogP contribution in [0, 0.1) is 13.8 Å². The van der Waals surface area contributed by atoms with Gasteiger partial charge in [-0.25, -0.2) is 14.4 Å². The normalized spacial score (nSPS) is 10.7. The molecule has 30 heavy (non-hydrogen) atoms. The lowest BCUT2D eigenvalue weighted by Crippen LogP contribution is -2.17. The first-order valence-corrected chi connectivity index (χ1v) is 9.21. The smallest absolute Gasteiger partial charge is 0.340 e. The number of hydrogen-bond donors (Lipinski definition) is 1. The highest BCUT2D eigenvalue weighted by Crippen LogP contribution is 2.20. The average Bonchev–Trinajstić information content (AvgIpc) is 3.04. The van der Waals surface area contributed by atoms with Crippen LogP contribution in [0.2, 0.25) is 0 Å². The lowest BCUT2D eigenvalue weighted by Gasteiger charge is -2.06. The molecule has 1 N–H and O–H groups in total. The number of methoxy groups -OCH3 is 1. The van der Waals surface area contributed by atoms with E-state index in [1.54, 1.807) is 45.0 Å². The SMILES string of the molecule is CCOC(=O)c1c(C)[nH]c(C)c1C(=O)COC(=O)/C=C/c1ccc(C(=O)OC)cc1. The lowest BCUT2D eigenvalue weighted by molar-refractivity contribution is -0.136. The highest BCUT2D eigenvalue weighted by molar-refractivity contribution is 6.09. The van der Waals surface area contributed by atoms with Gasteiger partial charge < -0.3 is 19.2 Å². The van der Waals surface area contributed by atoms with Gasteiger partial charge >= 0.3 is 17.9 Å². The molecule has 0 amide bonds. The van der Waals surface area contributed by atoms with Crippen LogP contribution in [0.25, 0.3) is 6.08 Å². The number of aromatic nitrogens is 1. The Labute approximate surface area is 173 Å². The molecule has 1 heterocycles. The highest BCUT2D eigenvalue weighted by Gasteiger charge is 2.25. The van der Waals surface area contributed by atoms with Gasteiger partial charge in [-0.2, -0.15) is 0 Å². The van der Waals surface area contributed by atoms with E-state index in [9.17, 15) is 19.2 Å². The molecule has 0 unspecified atom stereocenters. The van der Waals surface area contributed by atoms with E-state index >= 15 is 0 Å². The van der Waals surface area contributed by atoms with Crippen LogP contribution in [0.1, 0.15) is 54.9 Å². The maximum absolute atomic E-state index is 12.5. The summed E-state index contributed by atoms with van der Waals surface area (Å²) in [6, 6.07) is 6.40. The zero-order valence-electron chi connectivity index (χ0n) is 17.2. The molecule has 1 aromatic carbocycles. The Morgan fingerprint density at radius 3 is 2.17 bits per heavy atom. The quantitative estimate of drug-likeness (QED) is 0.306. The maximum Gasteiger partial charge on any atom is 0.340 e. The number of ether oxygens (including phenoxy) is 3. The second kappa shape index (κ2) is 10.2. The first kappa shape index (κ1) is 22.6. The van der Waals surface area contributed by atoms with Gasteiger partial charge in [0.05, 0.1) is 30.4 Å². The van der Waals surface area contributed by atoms with Crippen LogP contribution < -0.4 is 0 Å². The van der Waals surface area contributed by atoms with Crippen LogP contribution in [0.5, 0.6) is 0 Å². The molecule has 8 nitrogen and oxygen atoms in total. The fraction of sp³-hybridized carbons (Fsp3) is 0.273. The van der Waals surface area contributed by atoms with E-state index in [1.165, 1.54) is 19.3 Å². The van der Waals surface area contributed by atoms with Gasteiger partial charge in [0.15, 0.2) is 6.61 Å². The third-order valence-electron chi connectivity index (χ3n) is 4.22. The third-order valence-corrected chi connectivity index (χ3v) is 4.22. The van der Waals surface area contributed by atoms with Crippen molar-refractivity contribution in [2.24, 2.45) is 0 Å². The Hall–Kier alpha value is -3.68. The Morgan fingerprint density at radius 1 is 0.933 bits per heavy atom. The number of hydrogen-bond acceptors (Lipinski definition) is 7. The number of H-pyrrole nitrogens is 1. The fourth-order valence-corrected chi connectivity index (χ4v) is 2.86. The molecule has 0 bridgehead atoms. The summed E-state index contributed by atoms with van der Waals surface area (Å²) < 4.78 is 14.6. The predicted molar refractivity (Wildman–Crippen MR) is 108 cm³/mol. The van der Waals surface area contributed by atoms with E-state index in [1.807, 2.05) is 0 Å². The zero-order chi connectivity index (χ0) is 22.3. The molecule has 8 heteroatoms. The summed E-state index contributed by atoms with van der Waals surface area (Å²) in [5, 5.41) is 0. The minimum absolute atomic E-state index is 0.150. The van der Waals surface area contributed by atoms with Gasteiger partial charge in [0.25, 0.3) is 0 Å². The van der Waals surface area contributed by atoms with Crippen LogP contribution in [0.4, 0.5) is 0 Å². The number of nitrogens with one attached hydrogen (secondary N) is 1. The Kier molecular flexibility index (Phi) is 7.69. The number of esters is 3. The molecule has 2 aromatic rings. The summed E-state index contributed by atoms with van der Waals surface area (Å²) in [6.07, 6.45) is 2.66. The topological polar surface area (TPSA) is 112 Å². The van der Waals surface area contributed by atoms with E-state index in [2.05, 4.69) is 9.72 Å². The molecule has 1 aromatic heterocycles. The molecule has 0 saturated carbocycles. The largest absolute Gasteiger partial charge is 0.465 e. The standard InChI is InChI=1S/C22H23NO7/c1-5-29-22(27)20-14(3)23-13(2)19(20)17(24)12-30-18(25)11-8-15-6-9-16(10-7-15)21(26)28-4/h6-11,23H,5,12H2,1-4H3/b11-8+. The van der Waals surface area contributed by atoms with Gasteiger partial charge in [0.1, 0.15) is 0 Å². The van der Waals surface area contributed by atoms with E-state index in [0.717, 1.165) is 0 Å². The summed E-state index contributed by atoms with van der Waals surface area (Å²) in [6.45, 7) is 4.65. The second-order valence-electron chi connectivity index (χ2n) is 6.32. The molecule has 0 aliphatic rings. The van der Waals surface area contributed by atoms with Crippen LogP contribution in [0.3, 0.4) is 0 Å². The van der Waals surface area contributed by atoms with Crippen molar-refractivity contribution in [2.75, 3.05) is 20.3 Å². The van der Waals surface area contributed by atoms with Crippen molar-refractivity contribution in [2.45, 2.75) is 20.8 Å². The van der Waals surface area contributed by atoms with Crippen molar-refractivity contribution in [3.63, 3.8) is 0 Å². The molecule has 0 radical (unpaired) electrons. The van der Waals surface area contributed by atoms with E-state index in [4.69, 9.17) is 9.47 Å². The summed E-state index contributed by atoms with van der Waals surface area (Å²) >= 11 is 0. The molecule has 0 fully saturated rings. The van der Waals surface area contributed by atoms with Gasteiger partial charge in [0, 0.05) is 17.5 Å². The number of carbonyl (C=O) groups is 4. The van der Waals surface area contributed by atoms with Crippen LogP contribution in [0.15, 0.2) is 30.3 Å².